The summed E-state index contributed by atoms with van der Waals surface area (Å²) in [5.41, 5.74) is -0.512. The van der Waals surface area contributed by atoms with Crippen LogP contribution in [-0.4, -0.2) is 5.11 Å². The van der Waals surface area contributed by atoms with Crippen LogP contribution in [0.15, 0.2) is 18.2 Å². The van der Waals surface area contributed by atoms with Crippen molar-refractivity contribution in [2.45, 2.75) is 38.7 Å². The van der Waals surface area contributed by atoms with Gasteiger partial charge in [0.05, 0.1) is 5.60 Å². The van der Waals surface area contributed by atoms with Crippen LogP contribution in [0, 0.1) is 5.82 Å². The third-order valence-electron chi connectivity index (χ3n) is 2.68. The lowest BCUT2D eigenvalue weighted by atomic mass is 9.87. The summed E-state index contributed by atoms with van der Waals surface area (Å²) in [7, 11) is 0. The van der Waals surface area contributed by atoms with Crippen molar-refractivity contribution in [2.24, 2.45) is 0 Å². The highest BCUT2D eigenvalue weighted by Gasteiger charge is 2.28. The maximum absolute atomic E-state index is 13.1. The third-order valence-corrected chi connectivity index (χ3v) is 3.01. The molecule has 0 saturated carbocycles. The summed E-state index contributed by atoms with van der Waals surface area (Å²) in [5, 5.41) is 10.8. The van der Waals surface area contributed by atoms with E-state index >= 15 is 0 Å². The Bertz CT molecular complexity index is 340. The molecule has 0 aliphatic heterocycles. The van der Waals surface area contributed by atoms with Crippen LogP contribution < -0.4 is 0 Å². The lowest BCUT2D eigenvalue weighted by Gasteiger charge is -2.27. The molecule has 0 saturated heterocycles. The normalized spacial score (nSPS) is 15.0. The number of benzene rings is 1. The predicted octanol–water partition coefficient (Wildman–Crippen LogP) is 3.88. The van der Waals surface area contributed by atoms with Gasteiger partial charge in [-0.1, -0.05) is 31.9 Å². The third kappa shape index (κ3) is 2.70. The average molecular weight is 231 g/mol. The Kier molecular flexibility index (Phi) is 4.12. The van der Waals surface area contributed by atoms with Gasteiger partial charge in [-0.3, -0.25) is 0 Å². The van der Waals surface area contributed by atoms with Crippen LogP contribution in [0.1, 0.15) is 38.7 Å². The van der Waals surface area contributed by atoms with Gasteiger partial charge in [0, 0.05) is 10.6 Å². The molecule has 0 aliphatic rings. The van der Waals surface area contributed by atoms with Crippen molar-refractivity contribution >= 4 is 11.6 Å². The van der Waals surface area contributed by atoms with Crippen molar-refractivity contribution in [2.75, 3.05) is 0 Å². The molecule has 0 spiro atoms. The standard InChI is InChI=1S/C12H16ClFO/c1-3-7-12(15,4-2)10-8-9(14)5-6-11(10)13/h5-6,8,15H,3-4,7H2,1-2H3. The van der Waals surface area contributed by atoms with Gasteiger partial charge in [0.2, 0.25) is 0 Å². The number of hydrogen-bond acceptors (Lipinski definition) is 1. The lowest BCUT2D eigenvalue weighted by Crippen LogP contribution is -2.25. The molecule has 1 rings (SSSR count). The van der Waals surface area contributed by atoms with E-state index in [4.69, 9.17) is 11.6 Å². The van der Waals surface area contributed by atoms with Crippen LogP contribution in [0.4, 0.5) is 4.39 Å². The number of hydrogen-bond donors (Lipinski definition) is 1. The fraction of sp³-hybridized carbons (Fsp3) is 0.500. The van der Waals surface area contributed by atoms with Crippen LogP contribution in [0.3, 0.4) is 0 Å². The molecule has 0 radical (unpaired) electrons. The highest BCUT2D eigenvalue weighted by atomic mass is 35.5. The molecule has 0 aromatic heterocycles. The summed E-state index contributed by atoms with van der Waals surface area (Å²) in [6.45, 7) is 3.85. The molecule has 0 fully saturated rings. The van der Waals surface area contributed by atoms with E-state index in [0.717, 1.165) is 6.42 Å². The second-order valence-corrected chi connectivity index (χ2v) is 4.17. The predicted molar refractivity (Wildman–Crippen MR) is 60.5 cm³/mol. The molecule has 0 bridgehead atoms. The van der Waals surface area contributed by atoms with E-state index in [9.17, 15) is 9.50 Å². The van der Waals surface area contributed by atoms with Crippen LogP contribution in [0.5, 0.6) is 0 Å². The van der Waals surface area contributed by atoms with Crippen molar-refractivity contribution in [1.29, 1.82) is 0 Å². The Labute approximate surface area is 94.9 Å². The Morgan fingerprint density at radius 3 is 2.60 bits per heavy atom. The van der Waals surface area contributed by atoms with Crippen LogP contribution in [-0.2, 0) is 5.60 Å². The fourth-order valence-electron chi connectivity index (χ4n) is 1.77. The molecule has 1 atom stereocenters. The minimum Gasteiger partial charge on any atom is -0.385 e. The molecule has 1 aromatic rings. The Morgan fingerprint density at radius 1 is 1.40 bits per heavy atom. The van der Waals surface area contributed by atoms with Crippen molar-refractivity contribution in [1.82, 2.24) is 0 Å². The second-order valence-electron chi connectivity index (χ2n) is 3.76. The molecule has 0 heterocycles. The summed E-state index contributed by atoms with van der Waals surface area (Å²) >= 11 is 5.97. The minimum absolute atomic E-state index is 0.364. The zero-order valence-corrected chi connectivity index (χ0v) is 9.81. The first-order valence-electron chi connectivity index (χ1n) is 5.21. The van der Waals surface area contributed by atoms with Gasteiger partial charge in [-0.2, -0.15) is 0 Å². The van der Waals surface area contributed by atoms with E-state index in [1.807, 2.05) is 13.8 Å². The molecule has 84 valence electrons. The van der Waals surface area contributed by atoms with Gasteiger partial charge in [0.25, 0.3) is 0 Å². The maximum Gasteiger partial charge on any atom is 0.123 e. The van der Waals surface area contributed by atoms with Crippen molar-refractivity contribution in [3.63, 3.8) is 0 Å². The summed E-state index contributed by atoms with van der Waals surface area (Å²) in [6, 6.07) is 4.11. The summed E-state index contributed by atoms with van der Waals surface area (Å²) in [5.74, 6) is -0.364. The Balaban J connectivity index is 3.16. The highest BCUT2D eigenvalue weighted by molar-refractivity contribution is 6.31. The fourth-order valence-corrected chi connectivity index (χ4v) is 2.06. The highest BCUT2D eigenvalue weighted by Crippen LogP contribution is 2.35. The van der Waals surface area contributed by atoms with Gasteiger partial charge in [-0.25, -0.2) is 4.39 Å². The smallest absolute Gasteiger partial charge is 0.123 e. The van der Waals surface area contributed by atoms with E-state index in [0.29, 0.717) is 23.4 Å². The first kappa shape index (κ1) is 12.5. The number of rotatable bonds is 4. The zero-order valence-electron chi connectivity index (χ0n) is 9.06. The van der Waals surface area contributed by atoms with Gasteiger partial charge in [-0.15, -0.1) is 0 Å². The van der Waals surface area contributed by atoms with E-state index in [-0.39, 0.29) is 5.82 Å². The quantitative estimate of drug-likeness (QED) is 0.833. The Morgan fingerprint density at radius 2 is 2.07 bits per heavy atom. The molecule has 1 unspecified atom stereocenters. The van der Waals surface area contributed by atoms with E-state index < -0.39 is 5.60 Å². The van der Waals surface area contributed by atoms with Crippen molar-refractivity contribution < 1.29 is 9.50 Å². The minimum atomic E-state index is -1.01. The first-order valence-corrected chi connectivity index (χ1v) is 5.59. The lowest BCUT2D eigenvalue weighted by molar-refractivity contribution is 0.0224. The van der Waals surface area contributed by atoms with Crippen molar-refractivity contribution in [3.8, 4) is 0 Å². The SMILES string of the molecule is CCCC(O)(CC)c1cc(F)ccc1Cl. The van der Waals surface area contributed by atoms with Crippen LogP contribution >= 0.6 is 11.6 Å². The van der Waals surface area contributed by atoms with Gasteiger partial charge < -0.3 is 5.11 Å². The monoisotopic (exact) mass is 230 g/mol. The molecule has 3 heteroatoms. The summed E-state index contributed by atoms with van der Waals surface area (Å²) < 4.78 is 13.1. The maximum atomic E-state index is 13.1. The second kappa shape index (κ2) is 4.95. The molecule has 1 N–H and O–H groups in total. The van der Waals surface area contributed by atoms with Crippen LogP contribution in [0.2, 0.25) is 5.02 Å². The average Bonchev–Trinajstić information content (AvgIpc) is 2.22. The van der Waals surface area contributed by atoms with Gasteiger partial charge >= 0.3 is 0 Å². The van der Waals surface area contributed by atoms with E-state index in [1.165, 1.54) is 18.2 Å². The molecule has 1 aromatic carbocycles. The van der Waals surface area contributed by atoms with Crippen molar-refractivity contribution in [3.05, 3.63) is 34.6 Å². The summed E-state index contributed by atoms with van der Waals surface area (Å²) in [6.07, 6.45) is 1.95. The van der Waals surface area contributed by atoms with E-state index in [1.54, 1.807) is 0 Å². The number of halogens is 2. The first-order chi connectivity index (χ1) is 7.03. The molecule has 0 aliphatic carbocycles. The largest absolute Gasteiger partial charge is 0.385 e. The summed E-state index contributed by atoms with van der Waals surface area (Å²) in [4.78, 5) is 0. The topological polar surface area (TPSA) is 20.2 Å². The van der Waals surface area contributed by atoms with Crippen LogP contribution in [0.25, 0.3) is 0 Å². The van der Waals surface area contributed by atoms with Gasteiger partial charge in [0.1, 0.15) is 5.82 Å². The van der Waals surface area contributed by atoms with Gasteiger partial charge in [-0.05, 0) is 31.0 Å². The molecular formula is C12H16ClFO. The molecular weight excluding hydrogens is 215 g/mol. The Hall–Kier alpha value is -0.600. The molecule has 1 nitrogen and oxygen atoms in total. The number of aliphatic hydroxyl groups is 1. The van der Waals surface area contributed by atoms with Gasteiger partial charge in [0.15, 0.2) is 0 Å². The molecule has 15 heavy (non-hydrogen) atoms. The molecule has 0 amide bonds. The zero-order chi connectivity index (χ0) is 11.5. The van der Waals surface area contributed by atoms with E-state index in [2.05, 4.69) is 0 Å².